The van der Waals surface area contributed by atoms with Gasteiger partial charge in [-0.3, -0.25) is 9.59 Å². The molecule has 8 aliphatic rings. The Morgan fingerprint density at radius 2 is 1.37 bits per heavy atom. The monoisotopic (exact) mass is 954 g/mol. The molecule has 0 aromatic rings. The van der Waals surface area contributed by atoms with E-state index in [-0.39, 0.29) is 41.4 Å². The minimum absolute atomic E-state index is 0.0263. The predicted octanol–water partition coefficient (Wildman–Crippen LogP) is -0.294. The number of fused-ring (bicyclic) bond motifs is 4. The number of carbonyl (C=O) groups is 2. The molecule has 0 aromatic carbocycles. The average molecular weight is 955 g/mol. The molecule has 0 unspecified atom stereocenters. The van der Waals surface area contributed by atoms with Crippen molar-refractivity contribution in [2.45, 2.75) is 197 Å². The summed E-state index contributed by atoms with van der Waals surface area (Å²) >= 11 is 0. The minimum atomic E-state index is -1.89. The van der Waals surface area contributed by atoms with Gasteiger partial charge >= 0.3 is 11.9 Å². The third-order valence-corrected chi connectivity index (χ3v) is 18.8. The summed E-state index contributed by atoms with van der Waals surface area (Å²) in [5.74, 6) is -1.91. The van der Waals surface area contributed by atoms with Crippen LogP contribution in [-0.2, 0) is 42.7 Å². The van der Waals surface area contributed by atoms with Crippen LogP contribution in [0.15, 0.2) is 24.3 Å². The van der Waals surface area contributed by atoms with Crippen molar-refractivity contribution in [3.8, 4) is 0 Å². The third-order valence-electron chi connectivity index (χ3n) is 18.8. The molecule has 10 N–H and O–H groups in total. The van der Waals surface area contributed by atoms with Gasteiger partial charge in [-0.25, -0.2) is 0 Å². The Labute approximate surface area is 391 Å². The van der Waals surface area contributed by atoms with Crippen molar-refractivity contribution in [2.24, 2.45) is 51.2 Å². The number of hydrogen-bond donors (Lipinski definition) is 10. The van der Waals surface area contributed by atoms with E-state index < -0.39 is 146 Å². The zero-order chi connectivity index (χ0) is 49.0. The van der Waals surface area contributed by atoms with E-state index in [1.807, 2.05) is 13.8 Å². The fraction of sp³-hybridized carbons (Fsp3) is 0.875. The molecule has 0 bridgehead atoms. The Hall–Kier alpha value is -2.18. The van der Waals surface area contributed by atoms with E-state index >= 15 is 4.79 Å². The van der Waals surface area contributed by atoms with Crippen molar-refractivity contribution in [1.29, 1.82) is 0 Å². The van der Waals surface area contributed by atoms with Crippen LogP contribution >= 0.6 is 0 Å². The topological polar surface area (TPSA) is 301 Å². The van der Waals surface area contributed by atoms with Crippen LogP contribution in [0.2, 0.25) is 0 Å². The van der Waals surface area contributed by atoms with E-state index in [0.717, 1.165) is 24.0 Å². The molecule has 4 saturated heterocycles. The smallest absolute Gasteiger partial charge is 0.314 e. The molecule has 0 spiro atoms. The predicted molar refractivity (Wildman–Crippen MR) is 230 cm³/mol. The van der Waals surface area contributed by atoms with Gasteiger partial charge in [-0.1, -0.05) is 45.1 Å². The first-order valence-corrected chi connectivity index (χ1v) is 24.1. The van der Waals surface area contributed by atoms with Crippen LogP contribution < -0.4 is 0 Å². The molecule has 380 valence electrons. The Morgan fingerprint density at radius 1 is 0.731 bits per heavy atom. The SMILES string of the molecule is C=C(C)[C@H]1CC[C@]2(C)[C@@H]3[C@@H](C[C@@H]4[C@@H]5[C@H](C(=C)C)CC[C@]5(C(=O)O[C@@H]5O[C@H](CO[C@@H]6O[C@H](CO)[C@@H](O[C@@H]7O[C@@H](C)[C@H](O)[C@@H](O)[C@H]7O)[C@H](O)[C@H]6O)[C@@H](O)[C@H](O)[C@H]5O)CC[C@]42C)OC(=O)C[C@@H](O)[C@]13C. The number of aliphatic hydroxyl groups excluding tert-OH is 10. The summed E-state index contributed by atoms with van der Waals surface area (Å²) in [4.78, 5) is 28.5. The molecule has 0 aromatic heterocycles. The maximum absolute atomic E-state index is 15.0. The van der Waals surface area contributed by atoms with Crippen molar-refractivity contribution in [3.63, 3.8) is 0 Å². The van der Waals surface area contributed by atoms with Crippen molar-refractivity contribution >= 4 is 11.9 Å². The molecule has 19 heteroatoms. The third kappa shape index (κ3) is 7.98. The van der Waals surface area contributed by atoms with Crippen molar-refractivity contribution in [2.75, 3.05) is 13.2 Å². The molecule has 19 nitrogen and oxygen atoms in total. The van der Waals surface area contributed by atoms with Crippen molar-refractivity contribution < 1.29 is 93.8 Å². The van der Waals surface area contributed by atoms with E-state index in [1.54, 1.807) is 0 Å². The number of ether oxygens (including phenoxy) is 7. The van der Waals surface area contributed by atoms with Crippen LogP contribution in [0.25, 0.3) is 0 Å². The van der Waals surface area contributed by atoms with E-state index in [0.29, 0.717) is 32.1 Å². The largest absolute Gasteiger partial charge is 0.462 e. The highest BCUT2D eigenvalue weighted by atomic mass is 16.8. The Morgan fingerprint density at radius 3 is 2.03 bits per heavy atom. The summed E-state index contributed by atoms with van der Waals surface area (Å²) < 4.78 is 41.0. The zero-order valence-electron chi connectivity index (χ0n) is 39.3. The molecule has 8 rings (SSSR count). The molecule has 8 fully saturated rings. The molecule has 4 heterocycles. The molecular weight excluding hydrogens is 881 g/mol. The van der Waals surface area contributed by atoms with Gasteiger partial charge in [0.05, 0.1) is 37.3 Å². The summed E-state index contributed by atoms with van der Waals surface area (Å²) in [6, 6.07) is 0. The van der Waals surface area contributed by atoms with Crippen LogP contribution in [-0.4, -0.2) is 181 Å². The Balaban J connectivity index is 0.998. The second-order valence-corrected chi connectivity index (χ2v) is 22.1. The average Bonchev–Trinajstić information content (AvgIpc) is 3.64. The van der Waals surface area contributed by atoms with Gasteiger partial charge in [0.1, 0.15) is 73.2 Å². The highest BCUT2D eigenvalue weighted by Gasteiger charge is 2.75. The van der Waals surface area contributed by atoms with Crippen LogP contribution in [0.4, 0.5) is 0 Å². The summed E-state index contributed by atoms with van der Waals surface area (Å²) in [5.41, 5.74) is -0.717. The highest BCUT2D eigenvalue weighted by molar-refractivity contribution is 5.78. The fourth-order valence-corrected chi connectivity index (χ4v) is 15.0. The number of aliphatic hydroxyl groups is 10. The molecule has 4 aliphatic carbocycles. The first-order valence-electron chi connectivity index (χ1n) is 24.1. The van der Waals surface area contributed by atoms with Gasteiger partial charge in [0.15, 0.2) is 12.6 Å². The first kappa shape index (κ1) is 51.2. The maximum Gasteiger partial charge on any atom is 0.314 e. The van der Waals surface area contributed by atoms with E-state index in [4.69, 9.17) is 33.2 Å². The lowest BCUT2D eigenvalue weighted by atomic mass is 9.33. The summed E-state index contributed by atoms with van der Waals surface area (Å²) in [6.45, 7) is 19.3. The number of allylic oxidation sites excluding steroid dienone is 2. The van der Waals surface area contributed by atoms with Crippen molar-refractivity contribution in [1.82, 2.24) is 0 Å². The van der Waals surface area contributed by atoms with Gasteiger partial charge in [0.25, 0.3) is 0 Å². The molecule has 4 aliphatic heterocycles. The van der Waals surface area contributed by atoms with Gasteiger partial charge in [-0.05, 0) is 100 Å². The van der Waals surface area contributed by atoms with Gasteiger partial charge in [-0.2, -0.15) is 0 Å². The van der Waals surface area contributed by atoms with Crippen molar-refractivity contribution in [3.05, 3.63) is 24.3 Å². The molecule has 0 amide bonds. The van der Waals surface area contributed by atoms with Crippen LogP contribution in [0.1, 0.15) is 92.9 Å². The van der Waals surface area contributed by atoms with Gasteiger partial charge < -0.3 is 84.2 Å². The summed E-state index contributed by atoms with van der Waals surface area (Å²) in [7, 11) is 0. The maximum atomic E-state index is 15.0. The molecule has 0 radical (unpaired) electrons. The first-order chi connectivity index (χ1) is 31.4. The summed E-state index contributed by atoms with van der Waals surface area (Å²) in [5, 5.41) is 108. The molecule has 26 atom stereocenters. The second-order valence-electron chi connectivity index (χ2n) is 22.1. The molecule has 67 heavy (non-hydrogen) atoms. The zero-order valence-corrected chi connectivity index (χ0v) is 39.3. The molecular formula is C48H74O19. The normalized spacial score (nSPS) is 54.1. The Bertz CT molecular complexity index is 1880. The van der Waals surface area contributed by atoms with E-state index in [2.05, 4.69) is 33.9 Å². The van der Waals surface area contributed by atoms with E-state index in [9.17, 15) is 55.9 Å². The van der Waals surface area contributed by atoms with Crippen LogP contribution in [0, 0.1) is 51.2 Å². The lowest BCUT2D eigenvalue weighted by Crippen LogP contribution is -2.69. The lowest BCUT2D eigenvalue weighted by molar-refractivity contribution is -0.361. The van der Waals surface area contributed by atoms with Crippen LogP contribution in [0.5, 0.6) is 0 Å². The van der Waals surface area contributed by atoms with Gasteiger partial charge in [-0.15, -0.1) is 0 Å². The molecule has 4 saturated carbocycles. The van der Waals surface area contributed by atoms with Crippen LogP contribution in [0.3, 0.4) is 0 Å². The number of esters is 2. The standard InChI is InChI=1S/C48H74O19/c1-19(2)22-9-12-48(14-13-45(6)24(30(22)48)15-25-40-46(45,7)11-10-23(20(3)4)47(40,8)28(50)16-29(51)63-25)44(60)67-43-37(58)34(55)32(53)27(65-43)18-61-41-38(59)35(56)39(26(17-49)64-41)66-42-36(57)33(54)31(52)21(5)62-42/h21-28,30-43,49-50,52-59H,1,3,9-18H2,2,4-8H3/t21-,22-,23+,24+,25+,26+,27+,28+,30-,31-,32+,33+,34-,35+,36+,37+,38+,39+,40-,41+,42-,43-,45+,46+,47-,48-/m0/s1. The number of hydrogen-bond acceptors (Lipinski definition) is 19. The minimum Gasteiger partial charge on any atom is -0.462 e. The number of rotatable bonds is 10. The fourth-order valence-electron chi connectivity index (χ4n) is 15.0. The Kier molecular flexibility index (Phi) is 14.1. The lowest BCUT2D eigenvalue weighted by Gasteiger charge is -2.71. The van der Waals surface area contributed by atoms with Gasteiger partial charge in [0.2, 0.25) is 6.29 Å². The highest BCUT2D eigenvalue weighted by Crippen LogP contribution is 2.77. The van der Waals surface area contributed by atoms with E-state index in [1.165, 1.54) is 6.92 Å². The second kappa shape index (κ2) is 18.5. The number of carbonyl (C=O) groups excluding carboxylic acids is 2. The summed E-state index contributed by atoms with van der Waals surface area (Å²) in [6.07, 6.45) is -22.1. The van der Waals surface area contributed by atoms with Gasteiger partial charge in [0, 0.05) is 11.3 Å². The quantitative estimate of drug-likeness (QED) is 0.0994.